The molecule has 6 heteroatoms. The Morgan fingerprint density at radius 3 is 2.60 bits per heavy atom. The monoisotopic (exact) mass is 342 g/mol. The number of halogens is 1. The molecule has 1 amide bonds. The highest BCUT2D eigenvalue weighted by Crippen LogP contribution is 2.27. The number of hydrogen-bond donors (Lipinski definition) is 2. The minimum absolute atomic E-state index is 0.00675. The smallest absolute Gasteiger partial charge is 0.251 e. The molecule has 25 heavy (non-hydrogen) atoms. The minimum Gasteiger partial charge on any atom is -0.480 e. The first-order valence-electron chi connectivity index (χ1n) is 8.19. The number of para-hydroxylation sites is 1. The van der Waals surface area contributed by atoms with Crippen molar-refractivity contribution >= 4 is 11.7 Å². The van der Waals surface area contributed by atoms with Crippen molar-refractivity contribution in [2.45, 2.75) is 12.5 Å². The van der Waals surface area contributed by atoms with Gasteiger partial charge in [0, 0.05) is 18.7 Å². The summed E-state index contributed by atoms with van der Waals surface area (Å²) in [4.78, 5) is 24.0. The van der Waals surface area contributed by atoms with Gasteiger partial charge < -0.3 is 15.4 Å². The molecule has 2 aromatic carbocycles. The number of fused-ring (bicyclic) bond motifs is 1. The second kappa shape index (κ2) is 7.90. The molecule has 0 saturated carbocycles. The van der Waals surface area contributed by atoms with Crippen LogP contribution in [0.15, 0.2) is 48.5 Å². The van der Waals surface area contributed by atoms with Crippen molar-refractivity contribution < 1.29 is 18.7 Å². The van der Waals surface area contributed by atoms with Crippen molar-refractivity contribution in [1.29, 1.82) is 0 Å². The lowest BCUT2D eigenvalue weighted by Gasteiger charge is -2.11. The number of Topliss-reactive ketones (excluding diaryl/α,β-unsaturated/α-hetero) is 1. The van der Waals surface area contributed by atoms with Gasteiger partial charge in [0.1, 0.15) is 11.6 Å². The van der Waals surface area contributed by atoms with Gasteiger partial charge in [-0.1, -0.05) is 12.1 Å². The standard InChI is InChI=1S/C19H19FN2O3/c20-14-8-6-13(7-9-14)19(24)22-11-3-10-21-12-17-18(23)15-4-1-2-5-16(15)25-17/h1-2,4-9,17,21H,3,10-12H2,(H,22,24). The maximum Gasteiger partial charge on any atom is 0.251 e. The van der Waals surface area contributed by atoms with E-state index >= 15 is 0 Å². The third kappa shape index (κ3) is 4.22. The molecule has 0 fully saturated rings. The van der Waals surface area contributed by atoms with Crippen LogP contribution in [0.2, 0.25) is 0 Å². The fourth-order valence-corrected chi connectivity index (χ4v) is 2.64. The summed E-state index contributed by atoms with van der Waals surface area (Å²) in [6.45, 7) is 1.56. The Morgan fingerprint density at radius 1 is 1.08 bits per heavy atom. The summed E-state index contributed by atoms with van der Waals surface area (Å²) in [6.07, 6.45) is 0.215. The van der Waals surface area contributed by atoms with Crippen LogP contribution in [0.5, 0.6) is 5.75 Å². The van der Waals surface area contributed by atoms with Crippen LogP contribution in [0.1, 0.15) is 27.1 Å². The zero-order chi connectivity index (χ0) is 17.6. The van der Waals surface area contributed by atoms with Crippen molar-refractivity contribution in [3.63, 3.8) is 0 Å². The number of carbonyl (C=O) groups is 2. The van der Waals surface area contributed by atoms with Gasteiger partial charge in [-0.3, -0.25) is 9.59 Å². The summed E-state index contributed by atoms with van der Waals surface area (Å²) in [5, 5.41) is 5.94. The predicted molar refractivity (Wildman–Crippen MR) is 91.4 cm³/mol. The van der Waals surface area contributed by atoms with E-state index in [0.29, 0.717) is 42.9 Å². The van der Waals surface area contributed by atoms with E-state index in [-0.39, 0.29) is 17.5 Å². The fourth-order valence-electron chi connectivity index (χ4n) is 2.64. The van der Waals surface area contributed by atoms with Crippen LogP contribution in [0.3, 0.4) is 0 Å². The predicted octanol–water partition coefficient (Wildman–Crippen LogP) is 2.18. The molecule has 2 N–H and O–H groups in total. The Hall–Kier alpha value is -2.73. The van der Waals surface area contributed by atoms with Crippen LogP contribution in [0, 0.1) is 5.82 Å². The third-order valence-corrected chi connectivity index (χ3v) is 3.97. The lowest BCUT2D eigenvalue weighted by Crippen LogP contribution is -2.35. The summed E-state index contributed by atoms with van der Waals surface area (Å²) in [7, 11) is 0. The first-order chi connectivity index (χ1) is 12.1. The average molecular weight is 342 g/mol. The van der Waals surface area contributed by atoms with Crippen molar-refractivity contribution in [3.8, 4) is 5.75 Å². The highest BCUT2D eigenvalue weighted by atomic mass is 19.1. The molecule has 0 radical (unpaired) electrons. The van der Waals surface area contributed by atoms with E-state index in [1.807, 2.05) is 12.1 Å². The minimum atomic E-state index is -0.494. The van der Waals surface area contributed by atoms with E-state index in [0.717, 1.165) is 0 Å². The van der Waals surface area contributed by atoms with Crippen LogP contribution in [-0.2, 0) is 0 Å². The van der Waals surface area contributed by atoms with Gasteiger partial charge in [0.05, 0.1) is 5.56 Å². The van der Waals surface area contributed by atoms with Crippen molar-refractivity contribution in [1.82, 2.24) is 10.6 Å². The topological polar surface area (TPSA) is 67.4 Å². The third-order valence-electron chi connectivity index (χ3n) is 3.97. The normalized spacial score (nSPS) is 15.6. The number of benzene rings is 2. The second-order valence-electron chi connectivity index (χ2n) is 5.79. The molecule has 0 saturated heterocycles. The van der Waals surface area contributed by atoms with Crippen LogP contribution in [-0.4, -0.2) is 37.4 Å². The first kappa shape index (κ1) is 17.1. The van der Waals surface area contributed by atoms with Crippen LogP contribution in [0.25, 0.3) is 0 Å². The molecular formula is C19H19FN2O3. The number of ketones is 1. The van der Waals surface area contributed by atoms with Crippen LogP contribution >= 0.6 is 0 Å². The molecule has 1 unspecified atom stereocenters. The van der Waals surface area contributed by atoms with Gasteiger partial charge in [-0.25, -0.2) is 4.39 Å². The highest BCUT2D eigenvalue weighted by molar-refractivity contribution is 6.04. The molecule has 2 aromatic rings. The average Bonchev–Trinajstić information content (AvgIpc) is 2.95. The molecule has 1 atom stereocenters. The van der Waals surface area contributed by atoms with Gasteiger partial charge >= 0.3 is 0 Å². The van der Waals surface area contributed by atoms with Crippen molar-refractivity contribution in [3.05, 3.63) is 65.5 Å². The van der Waals surface area contributed by atoms with E-state index < -0.39 is 6.10 Å². The summed E-state index contributed by atoms with van der Waals surface area (Å²) >= 11 is 0. The van der Waals surface area contributed by atoms with E-state index in [2.05, 4.69) is 10.6 Å². The Labute approximate surface area is 145 Å². The molecule has 130 valence electrons. The molecule has 0 spiro atoms. The molecule has 1 heterocycles. The number of hydrogen-bond acceptors (Lipinski definition) is 4. The van der Waals surface area contributed by atoms with E-state index in [1.54, 1.807) is 12.1 Å². The molecule has 1 aliphatic rings. The largest absolute Gasteiger partial charge is 0.480 e. The SMILES string of the molecule is O=C(NCCCNCC1Oc2ccccc2C1=O)c1ccc(F)cc1. The molecular weight excluding hydrogens is 323 g/mol. The van der Waals surface area contributed by atoms with E-state index in [9.17, 15) is 14.0 Å². The van der Waals surface area contributed by atoms with Gasteiger partial charge in [0.2, 0.25) is 5.78 Å². The van der Waals surface area contributed by atoms with Gasteiger partial charge in [0.25, 0.3) is 5.91 Å². The van der Waals surface area contributed by atoms with E-state index in [1.165, 1.54) is 24.3 Å². The fraction of sp³-hybridized carbons (Fsp3) is 0.263. The molecule has 0 aromatic heterocycles. The maximum atomic E-state index is 12.8. The van der Waals surface area contributed by atoms with Gasteiger partial charge in [-0.15, -0.1) is 0 Å². The molecule has 5 nitrogen and oxygen atoms in total. The van der Waals surface area contributed by atoms with Gasteiger partial charge in [0.15, 0.2) is 6.10 Å². The summed E-state index contributed by atoms with van der Waals surface area (Å²) in [6, 6.07) is 12.6. The molecule has 0 bridgehead atoms. The number of carbonyl (C=O) groups excluding carboxylic acids is 2. The Balaban J connectivity index is 1.33. The zero-order valence-corrected chi connectivity index (χ0v) is 13.6. The molecule has 3 rings (SSSR count). The maximum absolute atomic E-state index is 12.8. The summed E-state index contributed by atoms with van der Waals surface area (Å²) in [5.41, 5.74) is 1.05. The summed E-state index contributed by atoms with van der Waals surface area (Å²) < 4.78 is 18.4. The second-order valence-corrected chi connectivity index (χ2v) is 5.79. The number of nitrogens with one attached hydrogen (secondary N) is 2. The molecule has 1 aliphatic heterocycles. The zero-order valence-electron chi connectivity index (χ0n) is 13.6. The Kier molecular flexibility index (Phi) is 5.40. The van der Waals surface area contributed by atoms with Crippen molar-refractivity contribution in [2.75, 3.05) is 19.6 Å². The van der Waals surface area contributed by atoms with Gasteiger partial charge in [-0.2, -0.15) is 0 Å². The van der Waals surface area contributed by atoms with E-state index in [4.69, 9.17) is 4.74 Å². The van der Waals surface area contributed by atoms with Crippen LogP contribution < -0.4 is 15.4 Å². The quantitative estimate of drug-likeness (QED) is 0.757. The number of ether oxygens (including phenoxy) is 1. The van der Waals surface area contributed by atoms with Crippen molar-refractivity contribution in [2.24, 2.45) is 0 Å². The number of amides is 1. The van der Waals surface area contributed by atoms with Gasteiger partial charge in [-0.05, 0) is 49.4 Å². The van der Waals surface area contributed by atoms with Crippen LogP contribution in [0.4, 0.5) is 4.39 Å². The Morgan fingerprint density at radius 2 is 1.84 bits per heavy atom. The Bertz CT molecular complexity index is 762. The highest BCUT2D eigenvalue weighted by Gasteiger charge is 2.31. The lowest BCUT2D eigenvalue weighted by atomic mass is 10.1. The number of rotatable bonds is 7. The lowest BCUT2D eigenvalue weighted by molar-refractivity contribution is 0.0857. The molecule has 0 aliphatic carbocycles. The first-order valence-corrected chi connectivity index (χ1v) is 8.19. The summed E-state index contributed by atoms with van der Waals surface area (Å²) in [5.74, 6) is 0.0231.